The Hall–Kier alpha value is -3.07. The average molecular weight is 394 g/mol. The van der Waals surface area contributed by atoms with E-state index in [4.69, 9.17) is 0 Å². The Kier molecular flexibility index (Phi) is 4.39. The van der Waals surface area contributed by atoms with Crippen LogP contribution in [0.25, 0.3) is 5.69 Å². The number of hydrogen-bond donors (Lipinski definition) is 2. The van der Waals surface area contributed by atoms with Gasteiger partial charge in [0.25, 0.3) is 5.91 Å². The van der Waals surface area contributed by atoms with Gasteiger partial charge in [0, 0.05) is 18.5 Å². The van der Waals surface area contributed by atoms with Crippen LogP contribution in [0.1, 0.15) is 59.8 Å². The molecule has 2 unspecified atom stereocenters. The third-order valence-corrected chi connectivity index (χ3v) is 5.95. The lowest BCUT2D eigenvalue weighted by Crippen LogP contribution is -2.52. The monoisotopic (exact) mass is 394 g/mol. The van der Waals surface area contributed by atoms with Crippen LogP contribution >= 0.6 is 0 Å². The Morgan fingerprint density at radius 1 is 1.10 bits per heavy atom. The summed E-state index contributed by atoms with van der Waals surface area (Å²) in [5, 5.41) is 14.4. The Bertz CT molecular complexity index is 994. The molecular weight excluding hydrogens is 372 g/mol. The molecule has 29 heavy (non-hydrogen) atoms. The minimum absolute atomic E-state index is 0.174. The largest absolute Gasteiger partial charge is 0.322 e. The van der Waals surface area contributed by atoms with Crippen LogP contribution in [0.2, 0.25) is 0 Å². The van der Waals surface area contributed by atoms with Crippen LogP contribution in [-0.4, -0.2) is 50.2 Å². The van der Waals surface area contributed by atoms with Crippen molar-refractivity contribution in [1.29, 1.82) is 0 Å². The summed E-state index contributed by atoms with van der Waals surface area (Å²) in [6.07, 6.45) is 5.96. The maximum absolute atomic E-state index is 12.8. The SMILES string of the molecule is O=C1CCC(N2Cc3cc(-n4cc(C5CCCCN5)nn4)ccc3C2=O)C(=O)N1. The highest BCUT2D eigenvalue weighted by Crippen LogP contribution is 2.29. The molecule has 0 aliphatic carbocycles. The third kappa shape index (κ3) is 3.21. The Balaban J connectivity index is 1.37. The van der Waals surface area contributed by atoms with Crippen LogP contribution in [0.3, 0.4) is 0 Å². The van der Waals surface area contributed by atoms with Crippen molar-refractivity contribution in [3.8, 4) is 5.69 Å². The minimum atomic E-state index is -0.605. The molecule has 9 heteroatoms. The quantitative estimate of drug-likeness (QED) is 0.747. The maximum Gasteiger partial charge on any atom is 0.255 e. The zero-order valence-electron chi connectivity index (χ0n) is 15.9. The number of amides is 3. The molecular formula is C20H22N6O3. The summed E-state index contributed by atoms with van der Waals surface area (Å²) < 4.78 is 1.73. The van der Waals surface area contributed by atoms with Crippen LogP contribution in [0.15, 0.2) is 24.4 Å². The Morgan fingerprint density at radius 2 is 2.00 bits per heavy atom. The summed E-state index contributed by atoms with van der Waals surface area (Å²) in [6.45, 7) is 1.34. The van der Waals surface area contributed by atoms with Crippen molar-refractivity contribution in [3.63, 3.8) is 0 Å². The molecule has 9 nitrogen and oxygen atoms in total. The molecule has 0 spiro atoms. The first-order valence-corrected chi connectivity index (χ1v) is 10.0. The summed E-state index contributed by atoms with van der Waals surface area (Å²) in [5.41, 5.74) is 3.19. The van der Waals surface area contributed by atoms with Crippen molar-refractivity contribution in [2.75, 3.05) is 6.54 Å². The lowest BCUT2D eigenvalue weighted by atomic mass is 10.0. The molecule has 150 valence electrons. The van der Waals surface area contributed by atoms with E-state index in [2.05, 4.69) is 20.9 Å². The van der Waals surface area contributed by atoms with Gasteiger partial charge in [-0.25, -0.2) is 4.68 Å². The number of benzene rings is 1. The van der Waals surface area contributed by atoms with Crippen molar-refractivity contribution in [2.24, 2.45) is 0 Å². The van der Waals surface area contributed by atoms with E-state index in [0.29, 0.717) is 18.5 Å². The van der Waals surface area contributed by atoms with Gasteiger partial charge in [0.05, 0.1) is 17.9 Å². The van der Waals surface area contributed by atoms with Crippen LogP contribution in [-0.2, 0) is 16.1 Å². The molecule has 2 aromatic rings. The second kappa shape index (κ2) is 7.07. The van der Waals surface area contributed by atoms with Gasteiger partial charge in [-0.2, -0.15) is 0 Å². The summed E-state index contributed by atoms with van der Waals surface area (Å²) in [7, 11) is 0. The van der Waals surface area contributed by atoms with Gasteiger partial charge in [-0.1, -0.05) is 11.6 Å². The fourth-order valence-corrected chi connectivity index (χ4v) is 4.37. The van der Waals surface area contributed by atoms with E-state index in [1.54, 1.807) is 15.6 Å². The normalized spacial score (nSPS) is 24.6. The van der Waals surface area contributed by atoms with Crippen molar-refractivity contribution >= 4 is 17.7 Å². The summed E-state index contributed by atoms with van der Waals surface area (Å²) in [5.74, 6) is -0.859. The van der Waals surface area contributed by atoms with Gasteiger partial charge in [-0.05, 0) is 49.6 Å². The van der Waals surface area contributed by atoms with Crippen molar-refractivity contribution in [2.45, 2.75) is 50.7 Å². The molecule has 1 aromatic carbocycles. The maximum atomic E-state index is 12.8. The average Bonchev–Trinajstić information content (AvgIpc) is 3.34. The van der Waals surface area contributed by atoms with E-state index in [9.17, 15) is 14.4 Å². The van der Waals surface area contributed by atoms with Gasteiger partial charge < -0.3 is 10.2 Å². The van der Waals surface area contributed by atoms with Crippen molar-refractivity contribution < 1.29 is 14.4 Å². The van der Waals surface area contributed by atoms with E-state index in [1.807, 2.05) is 18.3 Å². The second-order valence-corrected chi connectivity index (χ2v) is 7.83. The number of hydrogen-bond acceptors (Lipinski definition) is 6. The van der Waals surface area contributed by atoms with Crippen LogP contribution in [0.5, 0.6) is 0 Å². The van der Waals surface area contributed by atoms with Crippen LogP contribution in [0.4, 0.5) is 0 Å². The highest BCUT2D eigenvalue weighted by atomic mass is 16.2. The number of carbonyl (C=O) groups is 3. The molecule has 0 saturated carbocycles. The number of nitrogens with zero attached hydrogens (tertiary/aromatic N) is 4. The Labute approximate surface area is 167 Å². The lowest BCUT2D eigenvalue weighted by Gasteiger charge is -2.29. The zero-order chi connectivity index (χ0) is 20.0. The van der Waals surface area contributed by atoms with Gasteiger partial charge in [0.1, 0.15) is 11.7 Å². The topological polar surface area (TPSA) is 109 Å². The highest BCUT2D eigenvalue weighted by molar-refractivity contribution is 6.05. The molecule has 3 aliphatic heterocycles. The zero-order valence-corrected chi connectivity index (χ0v) is 15.9. The molecule has 5 rings (SSSR count). The van der Waals surface area contributed by atoms with E-state index < -0.39 is 11.9 Å². The number of nitrogens with one attached hydrogen (secondary N) is 2. The van der Waals surface area contributed by atoms with E-state index >= 15 is 0 Å². The molecule has 1 aromatic heterocycles. The number of piperidine rings is 2. The molecule has 3 amide bonds. The predicted octanol–water partition coefficient (Wildman–Crippen LogP) is 0.843. The summed E-state index contributed by atoms with van der Waals surface area (Å²) in [6, 6.07) is 5.17. The van der Waals surface area contributed by atoms with Gasteiger partial charge >= 0.3 is 0 Å². The first-order valence-electron chi connectivity index (χ1n) is 10.0. The fraction of sp³-hybridized carbons (Fsp3) is 0.450. The number of fused-ring (bicyclic) bond motifs is 1. The van der Waals surface area contributed by atoms with Crippen LogP contribution in [0, 0.1) is 0 Å². The molecule has 2 saturated heterocycles. The lowest BCUT2D eigenvalue weighted by molar-refractivity contribution is -0.136. The predicted molar refractivity (Wildman–Crippen MR) is 102 cm³/mol. The minimum Gasteiger partial charge on any atom is -0.322 e. The number of carbonyl (C=O) groups excluding carboxylic acids is 3. The molecule has 4 heterocycles. The molecule has 3 aliphatic rings. The number of rotatable bonds is 3. The van der Waals surface area contributed by atoms with Crippen LogP contribution < -0.4 is 10.6 Å². The van der Waals surface area contributed by atoms with E-state index in [0.717, 1.165) is 29.9 Å². The molecule has 2 fully saturated rings. The first-order chi connectivity index (χ1) is 14.1. The van der Waals surface area contributed by atoms with Gasteiger partial charge in [0.2, 0.25) is 11.8 Å². The van der Waals surface area contributed by atoms with Gasteiger partial charge in [0.15, 0.2) is 0 Å². The fourth-order valence-electron chi connectivity index (χ4n) is 4.37. The second-order valence-electron chi connectivity index (χ2n) is 7.83. The van der Waals surface area contributed by atoms with E-state index in [-0.39, 0.29) is 24.3 Å². The number of imide groups is 1. The molecule has 0 radical (unpaired) electrons. The third-order valence-electron chi connectivity index (χ3n) is 5.95. The smallest absolute Gasteiger partial charge is 0.255 e. The van der Waals surface area contributed by atoms with Gasteiger partial charge in [-0.15, -0.1) is 5.10 Å². The summed E-state index contributed by atoms with van der Waals surface area (Å²) >= 11 is 0. The molecule has 2 atom stereocenters. The Morgan fingerprint density at radius 3 is 2.79 bits per heavy atom. The first kappa shape index (κ1) is 18.0. The van der Waals surface area contributed by atoms with Gasteiger partial charge in [-0.3, -0.25) is 19.7 Å². The highest BCUT2D eigenvalue weighted by Gasteiger charge is 2.39. The number of aromatic nitrogens is 3. The molecule has 0 bridgehead atoms. The summed E-state index contributed by atoms with van der Waals surface area (Å²) in [4.78, 5) is 37.9. The van der Waals surface area contributed by atoms with Crippen molar-refractivity contribution in [3.05, 3.63) is 41.2 Å². The van der Waals surface area contributed by atoms with E-state index in [1.165, 1.54) is 12.8 Å². The molecule has 2 N–H and O–H groups in total. The standard InChI is InChI=1S/C20H22N6O3/c27-18-7-6-17(19(28)22-18)25-10-12-9-13(4-5-14(12)20(25)29)26-11-16(23-24-26)15-3-1-2-8-21-15/h4-5,9,11,15,17,21H,1-3,6-8,10H2,(H,22,27,28). The van der Waals surface area contributed by atoms with Crippen molar-refractivity contribution in [1.82, 2.24) is 30.5 Å².